The highest BCUT2D eigenvalue weighted by Crippen LogP contribution is 2.25. The van der Waals surface area contributed by atoms with Crippen LogP contribution in [0, 0.1) is 5.92 Å². The van der Waals surface area contributed by atoms with Gasteiger partial charge < -0.3 is 15.4 Å². The quantitative estimate of drug-likeness (QED) is 0.898. The molecule has 1 aliphatic rings. The Hall–Kier alpha value is -1.76. The third-order valence-electron chi connectivity index (χ3n) is 3.00. The summed E-state index contributed by atoms with van der Waals surface area (Å²) < 4.78 is 40.1. The van der Waals surface area contributed by atoms with Crippen molar-refractivity contribution >= 4 is 11.6 Å². The topological polar surface area (TPSA) is 50.4 Å². The second-order valence-corrected chi connectivity index (χ2v) is 4.87. The molecule has 1 aromatic rings. The highest BCUT2D eigenvalue weighted by atomic mass is 19.4. The maximum atomic E-state index is 12.1. The summed E-state index contributed by atoms with van der Waals surface area (Å²) in [4.78, 5) is 11.9. The Bertz CT molecular complexity index is 491. The fourth-order valence-corrected chi connectivity index (χ4v) is 2.11. The van der Waals surface area contributed by atoms with E-state index in [0.29, 0.717) is 12.3 Å². The van der Waals surface area contributed by atoms with Crippen LogP contribution in [0.15, 0.2) is 24.3 Å². The van der Waals surface area contributed by atoms with Crippen LogP contribution in [0.3, 0.4) is 0 Å². The van der Waals surface area contributed by atoms with E-state index in [9.17, 15) is 18.0 Å². The minimum absolute atomic E-state index is 0.251. The maximum absolute atomic E-state index is 12.1. The van der Waals surface area contributed by atoms with Gasteiger partial charge in [-0.15, -0.1) is 13.2 Å². The molecular formula is C13H15F3N2O2. The average molecular weight is 288 g/mol. The Balaban J connectivity index is 1.99. The molecule has 1 fully saturated rings. The predicted octanol–water partition coefficient (Wildman–Crippen LogP) is 2.52. The summed E-state index contributed by atoms with van der Waals surface area (Å²) in [6, 6.07) is 4.92. The van der Waals surface area contributed by atoms with Crippen LogP contribution in [0.2, 0.25) is 0 Å². The lowest BCUT2D eigenvalue weighted by Gasteiger charge is -2.13. The van der Waals surface area contributed by atoms with Crippen molar-refractivity contribution in [3.05, 3.63) is 24.3 Å². The van der Waals surface area contributed by atoms with Gasteiger partial charge in [-0.3, -0.25) is 4.79 Å². The van der Waals surface area contributed by atoms with E-state index >= 15 is 0 Å². The molecule has 0 aliphatic carbocycles. The van der Waals surface area contributed by atoms with Crippen molar-refractivity contribution in [3.63, 3.8) is 0 Å². The van der Waals surface area contributed by atoms with Crippen molar-refractivity contribution < 1.29 is 22.7 Å². The van der Waals surface area contributed by atoms with Crippen molar-refractivity contribution in [2.24, 2.45) is 5.92 Å². The molecule has 1 amide bonds. The Morgan fingerprint density at radius 2 is 2.20 bits per heavy atom. The van der Waals surface area contributed by atoms with Gasteiger partial charge in [0.15, 0.2) is 0 Å². The predicted molar refractivity (Wildman–Crippen MR) is 67.3 cm³/mol. The van der Waals surface area contributed by atoms with E-state index in [1.807, 2.05) is 6.92 Å². The fraction of sp³-hybridized carbons (Fsp3) is 0.462. The lowest BCUT2D eigenvalue weighted by molar-refractivity contribution is -0.274. The molecule has 0 unspecified atom stereocenters. The molecule has 2 atom stereocenters. The molecule has 4 nitrogen and oxygen atoms in total. The lowest BCUT2D eigenvalue weighted by Crippen LogP contribution is -2.35. The van der Waals surface area contributed by atoms with E-state index in [-0.39, 0.29) is 23.4 Å². The summed E-state index contributed by atoms with van der Waals surface area (Å²) in [5.41, 5.74) is 0.276. The molecule has 0 radical (unpaired) electrons. The van der Waals surface area contributed by atoms with Crippen molar-refractivity contribution in [3.8, 4) is 5.75 Å². The molecule has 110 valence electrons. The van der Waals surface area contributed by atoms with Gasteiger partial charge in [-0.25, -0.2) is 0 Å². The molecule has 0 saturated carbocycles. The van der Waals surface area contributed by atoms with Gasteiger partial charge in [-0.1, -0.05) is 13.0 Å². The fourth-order valence-electron chi connectivity index (χ4n) is 2.11. The number of carbonyl (C=O) groups is 1. The van der Waals surface area contributed by atoms with E-state index in [1.165, 1.54) is 18.2 Å². The molecule has 0 spiro atoms. The van der Waals surface area contributed by atoms with E-state index in [2.05, 4.69) is 15.4 Å². The van der Waals surface area contributed by atoms with Gasteiger partial charge in [0.1, 0.15) is 5.75 Å². The molecule has 1 heterocycles. The maximum Gasteiger partial charge on any atom is 0.573 e. The highest BCUT2D eigenvalue weighted by Gasteiger charge is 2.31. The zero-order valence-electron chi connectivity index (χ0n) is 10.8. The van der Waals surface area contributed by atoms with Crippen LogP contribution in [0.4, 0.5) is 18.9 Å². The van der Waals surface area contributed by atoms with Gasteiger partial charge in [0, 0.05) is 11.8 Å². The van der Waals surface area contributed by atoms with Gasteiger partial charge in [0.2, 0.25) is 5.91 Å². The van der Waals surface area contributed by atoms with Gasteiger partial charge in [-0.05, 0) is 31.0 Å². The van der Waals surface area contributed by atoms with Crippen LogP contribution in [0.5, 0.6) is 5.75 Å². The van der Waals surface area contributed by atoms with Crippen LogP contribution in [-0.4, -0.2) is 24.9 Å². The number of amides is 1. The smallest absolute Gasteiger partial charge is 0.406 e. The molecule has 1 aromatic carbocycles. The number of carbonyl (C=O) groups excluding carboxylic acids is 1. The number of halogens is 3. The Labute approximate surface area is 114 Å². The molecule has 20 heavy (non-hydrogen) atoms. The third kappa shape index (κ3) is 4.12. The van der Waals surface area contributed by atoms with Gasteiger partial charge >= 0.3 is 6.36 Å². The van der Waals surface area contributed by atoms with Crippen LogP contribution < -0.4 is 15.4 Å². The van der Waals surface area contributed by atoms with E-state index in [4.69, 9.17) is 0 Å². The number of alkyl halides is 3. The summed E-state index contributed by atoms with van der Waals surface area (Å²) in [7, 11) is 0. The number of hydrogen-bond acceptors (Lipinski definition) is 3. The highest BCUT2D eigenvalue weighted by molar-refractivity contribution is 5.95. The van der Waals surface area contributed by atoms with Gasteiger partial charge in [0.25, 0.3) is 0 Å². The first kappa shape index (κ1) is 14.6. The number of rotatable bonds is 3. The van der Waals surface area contributed by atoms with Crippen LogP contribution in [-0.2, 0) is 4.79 Å². The second kappa shape index (κ2) is 5.70. The summed E-state index contributed by atoms with van der Waals surface area (Å²) in [6.07, 6.45) is -4.03. The number of ether oxygens (including phenoxy) is 1. The van der Waals surface area contributed by atoms with Gasteiger partial charge in [0.05, 0.1) is 6.04 Å². The van der Waals surface area contributed by atoms with Crippen molar-refractivity contribution in [1.29, 1.82) is 0 Å². The Kier molecular flexibility index (Phi) is 4.17. The minimum Gasteiger partial charge on any atom is -0.406 e. The van der Waals surface area contributed by atoms with Crippen LogP contribution in [0.1, 0.15) is 13.3 Å². The van der Waals surface area contributed by atoms with E-state index in [1.54, 1.807) is 0 Å². The monoisotopic (exact) mass is 288 g/mol. The number of benzene rings is 1. The lowest BCUT2D eigenvalue weighted by atomic mass is 10.1. The van der Waals surface area contributed by atoms with Crippen molar-refractivity contribution in [1.82, 2.24) is 5.32 Å². The number of anilines is 1. The number of nitrogens with one attached hydrogen (secondary N) is 2. The van der Waals surface area contributed by atoms with E-state index < -0.39 is 6.36 Å². The average Bonchev–Trinajstić information content (AvgIpc) is 2.74. The second-order valence-electron chi connectivity index (χ2n) is 4.87. The molecule has 7 heteroatoms. The molecular weight excluding hydrogens is 273 g/mol. The molecule has 0 bridgehead atoms. The first-order valence-corrected chi connectivity index (χ1v) is 6.23. The third-order valence-corrected chi connectivity index (χ3v) is 3.00. The van der Waals surface area contributed by atoms with Crippen LogP contribution in [0.25, 0.3) is 0 Å². The Morgan fingerprint density at radius 1 is 1.45 bits per heavy atom. The molecule has 0 aromatic heterocycles. The molecule has 2 N–H and O–H groups in total. The summed E-state index contributed by atoms with van der Waals surface area (Å²) in [5, 5.41) is 5.64. The standard InChI is InChI=1S/C13H15F3N2O2/c1-8-5-11(17-7-8)12(19)18-9-3-2-4-10(6-9)20-13(14,15)16/h2-4,6,8,11,17H,5,7H2,1H3,(H,18,19)/t8-,11-/m0/s1. The Morgan fingerprint density at radius 3 is 2.80 bits per heavy atom. The zero-order valence-corrected chi connectivity index (χ0v) is 10.8. The van der Waals surface area contributed by atoms with Gasteiger partial charge in [-0.2, -0.15) is 0 Å². The largest absolute Gasteiger partial charge is 0.573 e. The zero-order chi connectivity index (χ0) is 14.8. The molecule has 2 rings (SSSR count). The van der Waals surface area contributed by atoms with Crippen molar-refractivity contribution in [2.75, 3.05) is 11.9 Å². The first-order chi connectivity index (χ1) is 9.33. The minimum atomic E-state index is -4.74. The summed E-state index contributed by atoms with van der Waals surface area (Å²) in [5.74, 6) is -0.202. The SMILES string of the molecule is C[C@@H]1CN[C@H](C(=O)Nc2cccc(OC(F)(F)F)c2)C1. The van der Waals surface area contributed by atoms with Crippen LogP contribution >= 0.6 is 0 Å². The summed E-state index contributed by atoms with van der Waals surface area (Å²) >= 11 is 0. The van der Waals surface area contributed by atoms with E-state index in [0.717, 1.165) is 12.6 Å². The normalized spacial score (nSPS) is 22.6. The molecule has 1 saturated heterocycles. The summed E-state index contributed by atoms with van der Waals surface area (Å²) in [6.45, 7) is 2.79. The van der Waals surface area contributed by atoms with Crippen molar-refractivity contribution in [2.45, 2.75) is 25.7 Å². The first-order valence-electron chi connectivity index (χ1n) is 6.23. The molecule has 1 aliphatic heterocycles. The number of hydrogen-bond donors (Lipinski definition) is 2.